The third-order valence-corrected chi connectivity index (χ3v) is 14.1. The second kappa shape index (κ2) is 13.8. The molecule has 0 heterocycles. The molecule has 6 aliphatic rings. The van der Waals surface area contributed by atoms with Crippen LogP contribution >= 0.6 is 0 Å². The Morgan fingerprint density at radius 2 is 1.02 bits per heavy atom. The molecule has 8 unspecified atom stereocenters. The zero-order chi connectivity index (χ0) is 32.2. The van der Waals surface area contributed by atoms with E-state index in [1.807, 2.05) is 13.8 Å². The molecule has 0 aromatic heterocycles. The first-order valence-electron chi connectivity index (χ1n) is 17.8. The number of carbonyl (C=O) groups is 2. The zero-order valence-electron chi connectivity index (χ0n) is 29.6. The van der Waals surface area contributed by atoms with Crippen LogP contribution in [0.5, 0.6) is 0 Å². The quantitative estimate of drug-likeness (QED) is 0.283. The van der Waals surface area contributed by atoms with Crippen molar-refractivity contribution in [2.24, 2.45) is 57.2 Å². The van der Waals surface area contributed by atoms with Crippen LogP contribution in [-0.2, 0) is 9.59 Å². The van der Waals surface area contributed by atoms with Crippen LogP contribution in [0.1, 0.15) is 132 Å². The second-order valence-electron chi connectivity index (χ2n) is 17.0. The molecule has 2 saturated carbocycles. The Bertz CT molecular complexity index is 1190. The van der Waals surface area contributed by atoms with E-state index in [1.165, 1.54) is 36.8 Å². The molecule has 0 spiro atoms. The summed E-state index contributed by atoms with van der Waals surface area (Å²) in [4.78, 5) is 23.7. The van der Waals surface area contributed by atoms with Crippen LogP contribution in [0.4, 0.5) is 0 Å². The van der Waals surface area contributed by atoms with Gasteiger partial charge in [0, 0.05) is 22.8 Å². The molecule has 6 rings (SSSR count). The Hall–Kier alpha value is -0.529. The molecular weight excluding hydrogens is 682 g/mol. The largest absolute Gasteiger partial charge is 2.00 e. The Morgan fingerprint density at radius 1 is 0.667 bits per heavy atom. The minimum absolute atomic E-state index is 0. The van der Waals surface area contributed by atoms with Gasteiger partial charge in [0.2, 0.25) is 0 Å². The number of carbonyl (C=O) groups excluding carboxylic acids is 2. The maximum atomic E-state index is 11.8. The van der Waals surface area contributed by atoms with Crippen molar-refractivity contribution in [2.75, 3.05) is 0 Å². The predicted octanol–water partition coefficient (Wildman–Crippen LogP) is 7.36. The minimum atomic E-state index is -0.838. The third kappa shape index (κ3) is 6.47. The maximum Gasteiger partial charge on any atom is 2.00 e. The van der Waals surface area contributed by atoms with Crippen molar-refractivity contribution in [2.45, 2.75) is 132 Å². The molecule has 2 fully saturated rings. The van der Waals surface area contributed by atoms with Gasteiger partial charge in [0.25, 0.3) is 0 Å². The van der Waals surface area contributed by atoms with Crippen LogP contribution in [0.2, 0.25) is 0 Å². The Kier molecular flexibility index (Phi) is 11.4. The summed E-state index contributed by atoms with van der Waals surface area (Å²) in [5, 5.41) is 23.7. The predicted molar refractivity (Wildman–Crippen MR) is 180 cm³/mol. The van der Waals surface area contributed by atoms with Crippen LogP contribution in [0.25, 0.3) is 0 Å². The molecule has 0 saturated heterocycles. The van der Waals surface area contributed by atoms with Gasteiger partial charge >= 0.3 is 48.9 Å². The topological polar surface area (TPSA) is 80.3 Å². The van der Waals surface area contributed by atoms with Gasteiger partial charge in [-0.2, -0.15) is 0 Å². The van der Waals surface area contributed by atoms with Gasteiger partial charge in [0.1, 0.15) is 0 Å². The average molecular weight is 740 g/mol. The number of carboxylic acid groups (broad SMARTS) is 2. The fraction of sp³-hybridized carbons (Fsp3) is 0.750. The van der Waals surface area contributed by atoms with Gasteiger partial charge < -0.3 is 19.8 Å². The van der Waals surface area contributed by atoms with Crippen molar-refractivity contribution in [3.05, 3.63) is 46.6 Å². The van der Waals surface area contributed by atoms with Crippen LogP contribution in [0, 0.1) is 57.2 Å². The Balaban J connectivity index is 0.000000200. The van der Waals surface area contributed by atoms with Crippen molar-refractivity contribution < 1.29 is 19.8 Å². The smallest absolute Gasteiger partial charge is 0.550 e. The number of rotatable bonds is 4. The summed E-state index contributed by atoms with van der Waals surface area (Å²) < 4.78 is 0. The third-order valence-electron chi connectivity index (χ3n) is 14.1. The van der Waals surface area contributed by atoms with Gasteiger partial charge in [0.05, 0.1) is 0 Å². The van der Waals surface area contributed by atoms with Gasteiger partial charge in [-0.3, -0.25) is 0 Å². The maximum absolute atomic E-state index is 11.8. The van der Waals surface area contributed by atoms with Crippen LogP contribution in [0.3, 0.4) is 0 Å². The fourth-order valence-electron chi connectivity index (χ4n) is 11.2. The van der Waals surface area contributed by atoms with E-state index < -0.39 is 22.8 Å². The summed E-state index contributed by atoms with van der Waals surface area (Å²) in [5.74, 6) is 1.08. The molecule has 0 bridgehead atoms. The number of hydrogen-bond acceptors (Lipinski definition) is 4. The summed E-state index contributed by atoms with van der Waals surface area (Å²) in [6, 6.07) is 0. The van der Waals surface area contributed by atoms with E-state index in [-0.39, 0.29) is 71.5 Å². The summed E-state index contributed by atoms with van der Waals surface area (Å²) >= 11 is 0. The van der Waals surface area contributed by atoms with Gasteiger partial charge in [-0.1, -0.05) is 104 Å². The van der Waals surface area contributed by atoms with Gasteiger partial charge in [0.15, 0.2) is 0 Å². The molecular formula is C40H58BaO4. The summed E-state index contributed by atoms with van der Waals surface area (Å²) in [6.07, 6.45) is 21.9. The molecule has 5 heteroatoms. The molecule has 0 aromatic carbocycles. The number of allylic oxidation sites excluding steroid dienone is 8. The minimum Gasteiger partial charge on any atom is -0.550 e. The molecule has 244 valence electrons. The first-order chi connectivity index (χ1) is 20.6. The van der Waals surface area contributed by atoms with Crippen molar-refractivity contribution in [3.8, 4) is 0 Å². The molecule has 4 nitrogen and oxygen atoms in total. The van der Waals surface area contributed by atoms with E-state index in [1.54, 1.807) is 11.1 Å². The van der Waals surface area contributed by atoms with Crippen molar-refractivity contribution in [1.82, 2.24) is 0 Å². The molecule has 45 heavy (non-hydrogen) atoms. The average Bonchev–Trinajstić information content (AvgIpc) is 2.96. The number of fused-ring (bicyclic) bond motifs is 6. The summed E-state index contributed by atoms with van der Waals surface area (Å²) in [5.41, 5.74) is 5.01. The normalized spacial score (nSPS) is 40.4. The van der Waals surface area contributed by atoms with Crippen molar-refractivity contribution >= 4 is 60.8 Å². The zero-order valence-corrected chi connectivity index (χ0v) is 34.0. The SMILES string of the molecule is CC(C)C1=CC2=CCC3C(C)(C(=O)[O-])CCCC3(C)C2CC1.CC(C)C1=CC2=CCC3C(C)(C(=O)[O-])CCCC3(C)C2CC1.[Ba+2]. The van der Waals surface area contributed by atoms with Crippen LogP contribution in [0.15, 0.2) is 46.6 Å². The first kappa shape index (κ1) is 37.3. The number of aliphatic carboxylic acids is 2. The van der Waals surface area contributed by atoms with E-state index in [2.05, 4.69) is 65.8 Å². The first-order valence-corrected chi connectivity index (χ1v) is 17.8. The van der Waals surface area contributed by atoms with E-state index in [0.29, 0.717) is 23.7 Å². The van der Waals surface area contributed by atoms with Crippen molar-refractivity contribution in [1.29, 1.82) is 0 Å². The van der Waals surface area contributed by atoms with E-state index in [4.69, 9.17) is 0 Å². The fourth-order valence-corrected chi connectivity index (χ4v) is 11.2. The van der Waals surface area contributed by atoms with Crippen molar-refractivity contribution in [3.63, 3.8) is 0 Å². The van der Waals surface area contributed by atoms with E-state index in [0.717, 1.165) is 51.4 Å². The molecule has 0 N–H and O–H groups in total. The molecule has 0 radical (unpaired) electrons. The number of carboxylic acids is 2. The molecule has 0 amide bonds. The second-order valence-corrected chi connectivity index (χ2v) is 17.0. The number of hydrogen-bond donors (Lipinski definition) is 0. The van der Waals surface area contributed by atoms with Crippen LogP contribution in [-0.4, -0.2) is 60.8 Å². The van der Waals surface area contributed by atoms with Crippen LogP contribution < -0.4 is 10.2 Å². The van der Waals surface area contributed by atoms with Gasteiger partial charge in [-0.25, -0.2) is 0 Å². The molecule has 8 atom stereocenters. The Morgan fingerprint density at radius 3 is 1.33 bits per heavy atom. The van der Waals surface area contributed by atoms with Gasteiger partial charge in [-0.15, -0.1) is 0 Å². The standard InChI is InChI=1S/2C20H30O2.Ba/c2*1-13(2)14-6-8-16-15(12-14)7-9-17-19(16,3)10-5-11-20(17,4)18(21)22;/h2*7,12-13,16-17H,5-6,8-11H2,1-4H3,(H,21,22);/q;;+2/p-2. The molecule has 6 aliphatic carbocycles. The molecule has 0 aromatic rings. The van der Waals surface area contributed by atoms with E-state index in [9.17, 15) is 19.8 Å². The summed E-state index contributed by atoms with van der Waals surface area (Å²) in [7, 11) is 0. The molecule has 0 aliphatic heterocycles. The van der Waals surface area contributed by atoms with E-state index >= 15 is 0 Å². The monoisotopic (exact) mass is 740 g/mol. The Labute approximate surface area is 314 Å². The van der Waals surface area contributed by atoms with Gasteiger partial charge in [-0.05, 0) is 122 Å². The summed E-state index contributed by atoms with van der Waals surface area (Å²) in [6.45, 7) is 17.7.